The lowest BCUT2D eigenvalue weighted by atomic mass is 9.94. The molecule has 2 heterocycles. The predicted octanol–water partition coefficient (Wildman–Crippen LogP) is 2.20. The third-order valence-electron chi connectivity index (χ3n) is 3.00. The van der Waals surface area contributed by atoms with E-state index in [-0.39, 0.29) is 11.9 Å². The molecule has 0 unspecified atom stereocenters. The summed E-state index contributed by atoms with van der Waals surface area (Å²) in [6.07, 6.45) is 2.29. The van der Waals surface area contributed by atoms with Gasteiger partial charge in [-0.05, 0) is 12.1 Å². The number of rotatable bonds is 1. The maximum atomic E-state index is 12.3. The zero-order valence-corrected chi connectivity index (χ0v) is 11.4. The minimum atomic E-state index is -0.505. The molecule has 100 valence electrons. The maximum absolute atomic E-state index is 12.3. The molecule has 0 radical (unpaired) electrons. The molecule has 0 aliphatic carbocycles. The van der Waals surface area contributed by atoms with E-state index in [2.05, 4.69) is 11.1 Å². The maximum Gasteiger partial charge on any atom is 0.252 e. The Hall–Kier alpha value is -1.93. The first-order chi connectivity index (χ1) is 8.93. The zero-order chi connectivity index (χ0) is 14.0. The van der Waals surface area contributed by atoms with Crippen LogP contribution in [0.1, 0.15) is 44.5 Å². The van der Waals surface area contributed by atoms with Crippen molar-refractivity contribution in [2.45, 2.75) is 33.2 Å². The lowest BCUT2D eigenvalue weighted by molar-refractivity contribution is -0.186. The molecule has 1 aliphatic heterocycles. The molecule has 2 rings (SSSR count). The van der Waals surface area contributed by atoms with Crippen LogP contribution in [-0.2, 0) is 9.63 Å². The van der Waals surface area contributed by atoms with Crippen molar-refractivity contribution in [3.05, 3.63) is 29.6 Å². The summed E-state index contributed by atoms with van der Waals surface area (Å²) < 4.78 is 0. The predicted molar refractivity (Wildman–Crippen MR) is 68.6 cm³/mol. The minimum Gasteiger partial charge on any atom is -0.272 e. The van der Waals surface area contributed by atoms with E-state index in [1.165, 1.54) is 5.06 Å². The van der Waals surface area contributed by atoms with Crippen LogP contribution < -0.4 is 0 Å². The van der Waals surface area contributed by atoms with Crippen LogP contribution in [-0.4, -0.2) is 22.6 Å². The van der Waals surface area contributed by atoms with E-state index >= 15 is 0 Å². The Labute approximate surface area is 112 Å². The largest absolute Gasteiger partial charge is 0.272 e. The molecular weight excluding hydrogens is 242 g/mol. The van der Waals surface area contributed by atoms with E-state index in [9.17, 15) is 4.79 Å². The fraction of sp³-hybridized carbons (Fsp3) is 0.500. The van der Waals surface area contributed by atoms with Crippen molar-refractivity contribution < 1.29 is 9.63 Å². The van der Waals surface area contributed by atoms with Gasteiger partial charge in [-0.1, -0.05) is 20.8 Å². The first-order valence-electron chi connectivity index (χ1n) is 6.26. The highest BCUT2D eigenvalue weighted by Gasteiger charge is 2.38. The van der Waals surface area contributed by atoms with Crippen LogP contribution in [0.5, 0.6) is 0 Å². The van der Waals surface area contributed by atoms with Gasteiger partial charge < -0.3 is 0 Å². The second-order valence-corrected chi connectivity index (χ2v) is 5.60. The van der Waals surface area contributed by atoms with Crippen molar-refractivity contribution in [3.63, 3.8) is 0 Å². The molecule has 5 heteroatoms. The van der Waals surface area contributed by atoms with E-state index < -0.39 is 5.41 Å². The summed E-state index contributed by atoms with van der Waals surface area (Å²) in [4.78, 5) is 22.0. The van der Waals surface area contributed by atoms with E-state index in [1.54, 1.807) is 18.3 Å². The first kappa shape index (κ1) is 13.5. The molecule has 0 aromatic carbocycles. The third kappa shape index (κ3) is 2.74. The average molecular weight is 259 g/mol. The Kier molecular flexibility index (Phi) is 3.54. The fourth-order valence-corrected chi connectivity index (χ4v) is 1.97. The molecule has 1 amide bonds. The van der Waals surface area contributed by atoms with Gasteiger partial charge in [0, 0.05) is 18.0 Å². The van der Waals surface area contributed by atoms with Gasteiger partial charge in [0.25, 0.3) is 5.91 Å². The van der Waals surface area contributed by atoms with Gasteiger partial charge in [0.05, 0.1) is 23.9 Å². The Morgan fingerprint density at radius 3 is 2.95 bits per heavy atom. The summed E-state index contributed by atoms with van der Waals surface area (Å²) in [6.45, 7) is 6.05. The van der Waals surface area contributed by atoms with Crippen molar-refractivity contribution in [3.8, 4) is 6.07 Å². The topological polar surface area (TPSA) is 66.2 Å². The highest BCUT2D eigenvalue weighted by atomic mass is 16.7. The van der Waals surface area contributed by atoms with Crippen LogP contribution in [0, 0.1) is 16.7 Å². The van der Waals surface area contributed by atoms with Crippen LogP contribution in [0.4, 0.5) is 0 Å². The van der Waals surface area contributed by atoms with Gasteiger partial charge in [-0.3, -0.25) is 14.6 Å². The van der Waals surface area contributed by atoms with Crippen LogP contribution in [0.2, 0.25) is 0 Å². The Morgan fingerprint density at radius 2 is 2.32 bits per heavy atom. The molecule has 1 aromatic rings. The van der Waals surface area contributed by atoms with Gasteiger partial charge in [-0.15, -0.1) is 0 Å². The van der Waals surface area contributed by atoms with E-state index in [0.29, 0.717) is 24.3 Å². The fourth-order valence-electron chi connectivity index (χ4n) is 1.97. The summed E-state index contributed by atoms with van der Waals surface area (Å²) in [5.41, 5.74) is 0.740. The third-order valence-corrected chi connectivity index (χ3v) is 3.00. The number of hydrogen-bond donors (Lipinski definition) is 0. The second-order valence-electron chi connectivity index (χ2n) is 5.60. The van der Waals surface area contributed by atoms with Crippen molar-refractivity contribution in [2.75, 3.05) is 6.61 Å². The van der Waals surface area contributed by atoms with Crippen LogP contribution >= 0.6 is 0 Å². The molecule has 0 saturated carbocycles. The van der Waals surface area contributed by atoms with Gasteiger partial charge >= 0.3 is 0 Å². The molecule has 0 N–H and O–H groups in total. The number of hydrogen-bond acceptors (Lipinski definition) is 4. The van der Waals surface area contributed by atoms with E-state index in [1.807, 2.05) is 20.8 Å². The second kappa shape index (κ2) is 4.98. The number of pyridine rings is 1. The quantitative estimate of drug-likeness (QED) is 0.775. The van der Waals surface area contributed by atoms with Gasteiger partial charge in [0.1, 0.15) is 6.04 Å². The Balaban J connectivity index is 2.28. The molecule has 0 bridgehead atoms. The normalized spacial score (nSPS) is 19.3. The molecule has 1 saturated heterocycles. The monoisotopic (exact) mass is 259 g/mol. The Bertz CT molecular complexity index is 528. The highest BCUT2D eigenvalue weighted by molar-refractivity contribution is 5.81. The molecule has 5 nitrogen and oxygen atoms in total. The average Bonchev–Trinajstić information content (AvgIpc) is 2.85. The first-order valence-corrected chi connectivity index (χ1v) is 6.26. The number of hydroxylamine groups is 2. The van der Waals surface area contributed by atoms with Gasteiger partial charge in [0.2, 0.25) is 0 Å². The van der Waals surface area contributed by atoms with E-state index in [0.717, 1.165) is 0 Å². The van der Waals surface area contributed by atoms with Crippen LogP contribution in [0.25, 0.3) is 0 Å². The molecule has 1 aliphatic rings. The summed E-state index contributed by atoms with van der Waals surface area (Å²) in [5.74, 6) is -0.0702. The molecule has 1 fully saturated rings. The number of carbonyl (C=O) groups excluding carboxylic acids is 1. The Morgan fingerprint density at radius 1 is 1.58 bits per heavy atom. The van der Waals surface area contributed by atoms with Crippen LogP contribution in [0.3, 0.4) is 0 Å². The lowest BCUT2D eigenvalue weighted by Crippen LogP contribution is -2.38. The lowest BCUT2D eigenvalue weighted by Gasteiger charge is -2.28. The smallest absolute Gasteiger partial charge is 0.252 e. The number of amides is 1. The highest BCUT2D eigenvalue weighted by Crippen LogP contribution is 2.33. The van der Waals surface area contributed by atoms with Crippen molar-refractivity contribution >= 4 is 5.91 Å². The number of nitriles is 1. The molecule has 1 aromatic heterocycles. The molecule has 1 atom stereocenters. The van der Waals surface area contributed by atoms with Gasteiger partial charge in [-0.2, -0.15) is 5.26 Å². The number of nitrogens with zero attached hydrogens (tertiary/aromatic N) is 3. The van der Waals surface area contributed by atoms with E-state index in [4.69, 9.17) is 10.1 Å². The standard InChI is InChI=1S/C14H17N3O2/c1-14(2,3)13(18)17-12(5-7-19-17)11-8-10(9-15)4-6-16-11/h4,6,8,12H,5,7H2,1-3H3/t12-/m0/s1. The summed E-state index contributed by atoms with van der Waals surface area (Å²) >= 11 is 0. The SMILES string of the molecule is CC(C)(C)C(=O)N1OCC[C@H]1c1cc(C#N)ccn1. The summed E-state index contributed by atoms with van der Waals surface area (Å²) in [7, 11) is 0. The van der Waals surface area contributed by atoms with Gasteiger partial charge in [0.15, 0.2) is 0 Å². The molecule has 0 spiro atoms. The van der Waals surface area contributed by atoms with Gasteiger partial charge in [-0.25, -0.2) is 5.06 Å². The molecular formula is C14H17N3O2. The van der Waals surface area contributed by atoms with Crippen molar-refractivity contribution in [1.29, 1.82) is 5.26 Å². The molecule has 19 heavy (non-hydrogen) atoms. The van der Waals surface area contributed by atoms with Crippen molar-refractivity contribution in [2.24, 2.45) is 5.41 Å². The van der Waals surface area contributed by atoms with Crippen molar-refractivity contribution in [1.82, 2.24) is 10.0 Å². The number of carbonyl (C=O) groups is 1. The zero-order valence-electron chi connectivity index (χ0n) is 11.4. The summed E-state index contributed by atoms with van der Waals surface area (Å²) in [6, 6.07) is 5.23. The van der Waals surface area contributed by atoms with Crippen LogP contribution in [0.15, 0.2) is 18.3 Å². The number of aromatic nitrogens is 1. The summed E-state index contributed by atoms with van der Waals surface area (Å²) in [5, 5.41) is 10.3. The minimum absolute atomic E-state index is 0.0702.